The standard InChI is InChI=1S/C18H20FN3O4S/c19-16-6-2-1-5-14(16)11-20-17(23)13-21-12-15(7-8-18(21)24)27(25,26)22-9-3-4-10-22/h1-2,5-8,12H,3-4,9-11,13H2,(H,20,23). The predicted molar refractivity (Wildman–Crippen MR) is 96.9 cm³/mol. The molecular weight excluding hydrogens is 373 g/mol. The molecule has 1 amide bonds. The first-order chi connectivity index (χ1) is 12.9. The van der Waals surface area contributed by atoms with Crippen LogP contribution in [0.5, 0.6) is 0 Å². The van der Waals surface area contributed by atoms with Crippen molar-refractivity contribution in [1.82, 2.24) is 14.2 Å². The molecule has 0 radical (unpaired) electrons. The third-order valence-corrected chi connectivity index (χ3v) is 6.29. The first-order valence-corrected chi connectivity index (χ1v) is 10.0. The first-order valence-electron chi connectivity index (χ1n) is 8.59. The highest BCUT2D eigenvalue weighted by Crippen LogP contribution is 2.19. The van der Waals surface area contributed by atoms with E-state index in [9.17, 15) is 22.4 Å². The summed E-state index contributed by atoms with van der Waals surface area (Å²) in [6.45, 7) is 0.526. The van der Waals surface area contributed by atoms with Crippen molar-refractivity contribution in [2.45, 2.75) is 30.8 Å². The number of hydrogen-bond donors (Lipinski definition) is 1. The number of carbonyl (C=O) groups excluding carboxylic acids is 1. The van der Waals surface area contributed by atoms with Crippen molar-refractivity contribution < 1.29 is 17.6 Å². The van der Waals surface area contributed by atoms with Gasteiger partial charge in [0.2, 0.25) is 15.9 Å². The van der Waals surface area contributed by atoms with Crippen LogP contribution in [0.1, 0.15) is 18.4 Å². The number of halogens is 1. The molecule has 0 saturated carbocycles. The largest absolute Gasteiger partial charge is 0.350 e. The van der Waals surface area contributed by atoms with Gasteiger partial charge in [0.1, 0.15) is 12.4 Å². The molecule has 1 fully saturated rings. The van der Waals surface area contributed by atoms with Crippen LogP contribution in [0.2, 0.25) is 0 Å². The van der Waals surface area contributed by atoms with E-state index in [1.807, 2.05) is 0 Å². The first kappa shape index (κ1) is 19.2. The SMILES string of the molecule is O=C(Cn1cc(S(=O)(=O)N2CCCC2)ccc1=O)NCc1ccccc1F. The van der Waals surface area contributed by atoms with Gasteiger partial charge in [-0.15, -0.1) is 0 Å². The quantitative estimate of drug-likeness (QED) is 0.796. The van der Waals surface area contributed by atoms with Crippen LogP contribution in [0.4, 0.5) is 4.39 Å². The number of pyridine rings is 1. The lowest BCUT2D eigenvalue weighted by molar-refractivity contribution is -0.121. The highest BCUT2D eigenvalue weighted by molar-refractivity contribution is 7.89. The van der Waals surface area contributed by atoms with Gasteiger partial charge in [0.25, 0.3) is 5.56 Å². The van der Waals surface area contributed by atoms with E-state index in [1.165, 1.54) is 22.6 Å². The van der Waals surface area contributed by atoms with E-state index < -0.39 is 27.3 Å². The van der Waals surface area contributed by atoms with E-state index >= 15 is 0 Å². The fourth-order valence-corrected chi connectivity index (χ4v) is 4.45. The smallest absolute Gasteiger partial charge is 0.251 e. The number of aromatic nitrogens is 1. The summed E-state index contributed by atoms with van der Waals surface area (Å²) in [7, 11) is -3.68. The van der Waals surface area contributed by atoms with Crippen LogP contribution in [-0.2, 0) is 27.9 Å². The second kappa shape index (κ2) is 8.01. The maximum Gasteiger partial charge on any atom is 0.251 e. The maximum atomic E-state index is 13.6. The van der Waals surface area contributed by atoms with Crippen molar-refractivity contribution in [2.75, 3.05) is 13.1 Å². The molecule has 0 unspecified atom stereocenters. The molecule has 1 aliphatic heterocycles. The van der Waals surface area contributed by atoms with Crippen molar-refractivity contribution >= 4 is 15.9 Å². The van der Waals surface area contributed by atoms with Gasteiger partial charge in [0.15, 0.2) is 0 Å². The molecule has 1 saturated heterocycles. The summed E-state index contributed by atoms with van der Waals surface area (Å²) in [5.74, 6) is -0.954. The Balaban J connectivity index is 1.72. The number of sulfonamides is 1. The van der Waals surface area contributed by atoms with Crippen LogP contribution in [0.15, 0.2) is 52.3 Å². The van der Waals surface area contributed by atoms with Gasteiger partial charge < -0.3 is 9.88 Å². The molecule has 7 nitrogen and oxygen atoms in total. The third kappa shape index (κ3) is 4.42. The summed E-state index contributed by atoms with van der Waals surface area (Å²) in [5.41, 5.74) is -0.167. The predicted octanol–water partition coefficient (Wildman–Crippen LogP) is 1.09. The van der Waals surface area contributed by atoms with E-state index in [4.69, 9.17) is 0 Å². The van der Waals surface area contributed by atoms with Crippen LogP contribution in [-0.4, -0.2) is 36.3 Å². The molecule has 27 heavy (non-hydrogen) atoms. The van der Waals surface area contributed by atoms with Gasteiger partial charge in [-0.25, -0.2) is 12.8 Å². The average molecular weight is 393 g/mol. The number of amides is 1. The normalized spacial score (nSPS) is 15.0. The zero-order valence-electron chi connectivity index (χ0n) is 14.6. The monoisotopic (exact) mass is 393 g/mol. The molecular formula is C18H20FN3O4S. The lowest BCUT2D eigenvalue weighted by Gasteiger charge is -2.16. The van der Waals surface area contributed by atoms with Gasteiger partial charge in [-0.05, 0) is 25.0 Å². The molecule has 144 valence electrons. The molecule has 9 heteroatoms. The van der Waals surface area contributed by atoms with Crippen molar-refractivity contribution in [1.29, 1.82) is 0 Å². The number of hydrogen-bond acceptors (Lipinski definition) is 4. The molecule has 1 aromatic carbocycles. The van der Waals surface area contributed by atoms with Gasteiger partial charge in [-0.1, -0.05) is 18.2 Å². The van der Waals surface area contributed by atoms with Crippen molar-refractivity contribution in [3.63, 3.8) is 0 Å². The molecule has 0 bridgehead atoms. The lowest BCUT2D eigenvalue weighted by Crippen LogP contribution is -2.33. The fraction of sp³-hybridized carbons (Fsp3) is 0.333. The van der Waals surface area contributed by atoms with E-state index in [-0.39, 0.29) is 18.0 Å². The number of nitrogens with one attached hydrogen (secondary N) is 1. The van der Waals surface area contributed by atoms with Crippen LogP contribution in [0.25, 0.3) is 0 Å². The Morgan fingerprint density at radius 3 is 2.52 bits per heavy atom. The Morgan fingerprint density at radius 1 is 1.11 bits per heavy atom. The lowest BCUT2D eigenvalue weighted by atomic mass is 10.2. The minimum atomic E-state index is -3.68. The summed E-state index contributed by atoms with van der Waals surface area (Å²) in [4.78, 5) is 24.1. The summed E-state index contributed by atoms with van der Waals surface area (Å²) >= 11 is 0. The summed E-state index contributed by atoms with van der Waals surface area (Å²) in [5, 5.41) is 2.53. The zero-order valence-corrected chi connectivity index (χ0v) is 15.4. The molecule has 1 N–H and O–H groups in total. The Kier molecular flexibility index (Phi) is 5.71. The molecule has 3 rings (SSSR count). The van der Waals surface area contributed by atoms with E-state index in [0.29, 0.717) is 18.7 Å². The number of rotatable bonds is 6. The molecule has 2 aromatic rings. The van der Waals surface area contributed by atoms with E-state index in [2.05, 4.69) is 5.32 Å². The minimum Gasteiger partial charge on any atom is -0.350 e. The molecule has 1 aliphatic rings. The van der Waals surface area contributed by atoms with Crippen LogP contribution in [0, 0.1) is 5.82 Å². The van der Waals surface area contributed by atoms with Gasteiger partial charge in [0.05, 0.1) is 4.90 Å². The molecule has 2 heterocycles. The Morgan fingerprint density at radius 2 is 1.81 bits per heavy atom. The van der Waals surface area contributed by atoms with Gasteiger partial charge in [-0.2, -0.15) is 4.31 Å². The van der Waals surface area contributed by atoms with Crippen LogP contribution < -0.4 is 10.9 Å². The Hall–Kier alpha value is -2.52. The van der Waals surface area contributed by atoms with Crippen molar-refractivity contribution in [2.24, 2.45) is 0 Å². The molecule has 1 aromatic heterocycles. The van der Waals surface area contributed by atoms with Crippen molar-refractivity contribution in [3.05, 3.63) is 64.3 Å². The highest BCUT2D eigenvalue weighted by atomic mass is 32.2. The second-order valence-corrected chi connectivity index (χ2v) is 8.25. The highest BCUT2D eigenvalue weighted by Gasteiger charge is 2.27. The van der Waals surface area contributed by atoms with Crippen LogP contribution in [0.3, 0.4) is 0 Å². The number of nitrogens with zero attached hydrogens (tertiary/aromatic N) is 2. The zero-order chi connectivity index (χ0) is 19.4. The average Bonchev–Trinajstić information content (AvgIpc) is 3.18. The summed E-state index contributed by atoms with van der Waals surface area (Å²) < 4.78 is 41.2. The second-order valence-electron chi connectivity index (χ2n) is 6.31. The summed E-state index contributed by atoms with van der Waals surface area (Å²) in [6, 6.07) is 8.43. The minimum absolute atomic E-state index is 0.0218. The van der Waals surface area contributed by atoms with E-state index in [1.54, 1.807) is 18.2 Å². The topological polar surface area (TPSA) is 88.5 Å². The molecule has 0 atom stereocenters. The van der Waals surface area contributed by atoms with Gasteiger partial charge >= 0.3 is 0 Å². The Labute approximate surface area is 156 Å². The van der Waals surface area contributed by atoms with Gasteiger partial charge in [0, 0.05) is 37.5 Å². The summed E-state index contributed by atoms with van der Waals surface area (Å²) in [6.07, 6.45) is 2.79. The molecule has 0 spiro atoms. The fourth-order valence-electron chi connectivity index (χ4n) is 2.91. The van der Waals surface area contributed by atoms with Gasteiger partial charge in [-0.3, -0.25) is 9.59 Å². The molecule has 0 aliphatic carbocycles. The van der Waals surface area contributed by atoms with Crippen molar-refractivity contribution in [3.8, 4) is 0 Å². The number of benzene rings is 1. The van der Waals surface area contributed by atoms with Crippen LogP contribution >= 0.6 is 0 Å². The maximum absolute atomic E-state index is 13.6. The number of carbonyl (C=O) groups is 1. The third-order valence-electron chi connectivity index (χ3n) is 4.41. The Bertz CT molecular complexity index is 998. The van der Waals surface area contributed by atoms with E-state index in [0.717, 1.165) is 23.5 Å².